The van der Waals surface area contributed by atoms with E-state index in [4.69, 9.17) is 0 Å². The number of hydrogen-bond donors (Lipinski definition) is 0. The molecule has 3 aromatic heterocycles. The molecule has 0 aliphatic carbocycles. The highest BCUT2D eigenvalue weighted by Gasteiger charge is 2.29. The van der Waals surface area contributed by atoms with Crippen LogP contribution in [0.5, 0.6) is 0 Å². The zero-order valence-electron chi connectivity index (χ0n) is 14.8. The zero-order valence-corrected chi connectivity index (χ0v) is 15.7. The summed E-state index contributed by atoms with van der Waals surface area (Å²) in [6, 6.07) is 6.07. The number of piperidine rings is 1. The molecule has 0 aromatic carbocycles. The van der Waals surface area contributed by atoms with Crippen molar-refractivity contribution < 1.29 is 4.79 Å². The van der Waals surface area contributed by atoms with Crippen LogP contribution >= 0.6 is 11.3 Å². The van der Waals surface area contributed by atoms with Crippen molar-refractivity contribution in [1.82, 2.24) is 19.4 Å². The number of thiophene rings is 1. The van der Waals surface area contributed by atoms with Gasteiger partial charge >= 0.3 is 0 Å². The molecular formula is C20H22N4OS. The molecule has 0 bridgehead atoms. The molecule has 1 amide bonds. The summed E-state index contributed by atoms with van der Waals surface area (Å²) >= 11 is 1.54. The summed E-state index contributed by atoms with van der Waals surface area (Å²) in [5.74, 6) is 1.52. The Morgan fingerprint density at radius 3 is 2.88 bits per heavy atom. The highest BCUT2D eigenvalue weighted by atomic mass is 32.1. The number of likely N-dealkylation sites (tertiary alicyclic amines) is 1. The normalized spacial score (nSPS) is 17.4. The Bertz CT molecular complexity index is 886. The van der Waals surface area contributed by atoms with E-state index >= 15 is 0 Å². The lowest BCUT2D eigenvalue weighted by atomic mass is 9.96. The van der Waals surface area contributed by atoms with Gasteiger partial charge in [-0.15, -0.1) is 11.3 Å². The number of amides is 1. The van der Waals surface area contributed by atoms with E-state index in [1.54, 1.807) is 0 Å². The van der Waals surface area contributed by atoms with E-state index in [0.29, 0.717) is 0 Å². The van der Waals surface area contributed by atoms with Crippen LogP contribution in [0.4, 0.5) is 0 Å². The predicted molar refractivity (Wildman–Crippen MR) is 103 cm³/mol. The van der Waals surface area contributed by atoms with Crippen molar-refractivity contribution in [2.45, 2.75) is 32.2 Å². The Hall–Kier alpha value is -2.47. The molecule has 1 atom stereocenters. The van der Waals surface area contributed by atoms with Crippen molar-refractivity contribution in [3.63, 3.8) is 0 Å². The molecule has 0 N–H and O–H groups in total. The van der Waals surface area contributed by atoms with Gasteiger partial charge in [0.25, 0.3) is 5.91 Å². The van der Waals surface area contributed by atoms with E-state index < -0.39 is 0 Å². The molecule has 1 fully saturated rings. The summed E-state index contributed by atoms with van der Waals surface area (Å²) in [6.07, 6.45) is 9.61. The standard InChI is InChI=1S/C20H22N4OS/c1-15-6-12-26-18(15)20(25)24-10-2-3-17(14-24)19-22-9-11-23(19)13-16-4-7-21-8-5-16/h4-9,11-12,17H,2-3,10,13-14H2,1H3. The Morgan fingerprint density at radius 2 is 2.12 bits per heavy atom. The van der Waals surface area contributed by atoms with Gasteiger partial charge in [0.15, 0.2) is 0 Å². The molecule has 4 rings (SSSR count). The van der Waals surface area contributed by atoms with Gasteiger partial charge in [-0.1, -0.05) is 0 Å². The zero-order chi connectivity index (χ0) is 17.9. The van der Waals surface area contributed by atoms with Crippen molar-refractivity contribution >= 4 is 17.2 Å². The fourth-order valence-electron chi connectivity index (χ4n) is 3.61. The summed E-state index contributed by atoms with van der Waals surface area (Å²) in [5.41, 5.74) is 2.28. The highest BCUT2D eigenvalue weighted by Crippen LogP contribution is 2.28. The largest absolute Gasteiger partial charge is 0.337 e. The number of carbonyl (C=O) groups is 1. The number of pyridine rings is 1. The molecule has 0 radical (unpaired) electrons. The van der Waals surface area contributed by atoms with Gasteiger partial charge in [0.05, 0.1) is 4.88 Å². The highest BCUT2D eigenvalue weighted by molar-refractivity contribution is 7.12. The molecule has 3 aromatic rings. The van der Waals surface area contributed by atoms with Crippen LogP contribution in [0.3, 0.4) is 0 Å². The van der Waals surface area contributed by atoms with Crippen LogP contribution in [0.2, 0.25) is 0 Å². The molecule has 4 heterocycles. The monoisotopic (exact) mass is 366 g/mol. The summed E-state index contributed by atoms with van der Waals surface area (Å²) in [6.45, 7) is 4.36. The van der Waals surface area contributed by atoms with Crippen LogP contribution < -0.4 is 0 Å². The quantitative estimate of drug-likeness (QED) is 0.707. The molecule has 0 spiro atoms. The van der Waals surface area contributed by atoms with Gasteiger partial charge in [0.2, 0.25) is 0 Å². The minimum atomic E-state index is 0.162. The van der Waals surface area contributed by atoms with E-state index in [1.807, 2.05) is 60.2 Å². The first kappa shape index (κ1) is 17.0. The first-order valence-corrected chi connectivity index (χ1v) is 9.83. The van der Waals surface area contributed by atoms with E-state index in [2.05, 4.69) is 14.5 Å². The summed E-state index contributed by atoms with van der Waals surface area (Å²) in [7, 11) is 0. The van der Waals surface area contributed by atoms with Gasteiger partial charge < -0.3 is 9.47 Å². The van der Waals surface area contributed by atoms with E-state index in [9.17, 15) is 4.79 Å². The second kappa shape index (κ2) is 7.41. The SMILES string of the molecule is Cc1ccsc1C(=O)N1CCCC(c2nccn2Cc2ccncc2)C1. The van der Waals surface area contributed by atoms with Crippen LogP contribution in [0.25, 0.3) is 0 Å². The van der Waals surface area contributed by atoms with E-state index in [-0.39, 0.29) is 11.8 Å². The first-order valence-electron chi connectivity index (χ1n) is 8.95. The average molecular weight is 366 g/mol. The van der Waals surface area contributed by atoms with Gasteiger partial charge in [-0.05, 0) is 54.5 Å². The predicted octanol–water partition coefficient (Wildman–Crippen LogP) is 3.72. The maximum atomic E-state index is 12.9. The second-order valence-corrected chi connectivity index (χ2v) is 7.71. The lowest BCUT2D eigenvalue weighted by molar-refractivity contribution is 0.0707. The molecule has 1 aliphatic heterocycles. The number of hydrogen-bond acceptors (Lipinski definition) is 4. The number of imidazole rings is 1. The summed E-state index contributed by atoms with van der Waals surface area (Å²) in [4.78, 5) is 24.4. The topological polar surface area (TPSA) is 51.0 Å². The van der Waals surface area contributed by atoms with Crippen molar-refractivity contribution in [3.8, 4) is 0 Å². The Kier molecular flexibility index (Phi) is 4.84. The maximum absolute atomic E-state index is 12.9. The lowest BCUT2D eigenvalue weighted by Crippen LogP contribution is -2.39. The molecular weight excluding hydrogens is 344 g/mol. The van der Waals surface area contributed by atoms with Gasteiger partial charge in [-0.25, -0.2) is 4.98 Å². The smallest absolute Gasteiger partial charge is 0.264 e. The Morgan fingerprint density at radius 1 is 1.27 bits per heavy atom. The minimum Gasteiger partial charge on any atom is -0.337 e. The van der Waals surface area contributed by atoms with Gasteiger partial charge in [0.1, 0.15) is 5.82 Å². The van der Waals surface area contributed by atoms with Crippen molar-refractivity contribution in [1.29, 1.82) is 0 Å². The lowest BCUT2D eigenvalue weighted by Gasteiger charge is -2.32. The fraction of sp³-hybridized carbons (Fsp3) is 0.350. The van der Waals surface area contributed by atoms with Crippen molar-refractivity contribution in [2.75, 3.05) is 13.1 Å². The third kappa shape index (κ3) is 3.42. The third-order valence-electron chi connectivity index (χ3n) is 4.98. The number of carbonyl (C=O) groups excluding carboxylic acids is 1. The molecule has 1 saturated heterocycles. The maximum Gasteiger partial charge on any atom is 0.264 e. The van der Waals surface area contributed by atoms with Gasteiger partial charge in [0, 0.05) is 50.3 Å². The third-order valence-corrected chi connectivity index (χ3v) is 5.98. The Balaban J connectivity index is 1.51. The van der Waals surface area contributed by atoms with Crippen molar-refractivity contribution in [3.05, 3.63) is 70.2 Å². The Labute approximate surface area is 157 Å². The first-order chi connectivity index (χ1) is 12.7. The van der Waals surface area contributed by atoms with Crippen LogP contribution in [-0.2, 0) is 6.54 Å². The molecule has 1 aliphatic rings. The van der Waals surface area contributed by atoms with Gasteiger partial charge in [-0.3, -0.25) is 9.78 Å². The van der Waals surface area contributed by atoms with Crippen LogP contribution in [0.15, 0.2) is 48.4 Å². The fourth-order valence-corrected chi connectivity index (χ4v) is 4.50. The number of aromatic nitrogens is 3. The molecule has 0 saturated carbocycles. The van der Waals surface area contributed by atoms with E-state index in [0.717, 1.165) is 48.7 Å². The second-order valence-electron chi connectivity index (χ2n) is 6.79. The van der Waals surface area contributed by atoms with Crippen molar-refractivity contribution in [2.24, 2.45) is 0 Å². The number of nitrogens with zero attached hydrogens (tertiary/aromatic N) is 4. The van der Waals surface area contributed by atoms with E-state index in [1.165, 1.54) is 16.9 Å². The summed E-state index contributed by atoms with van der Waals surface area (Å²) < 4.78 is 2.20. The minimum absolute atomic E-state index is 0.162. The van der Waals surface area contributed by atoms with Gasteiger partial charge in [-0.2, -0.15) is 0 Å². The van der Waals surface area contributed by atoms with Crippen LogP contribution in [0.1, 0.15) is 45.4 Å². The van der Waals surface area contributed by atoms with Crippen LogP contribution in [-0.4, -0.2) is 38.4 Å². The summed E-state index contributed by atoms with van der Waals surface area (Å²) in [5, 5.41) is 1.99. The number of aryl methyl sites for hydroxylation is 1. The number of rotatable bonds is 4. The van der Waals surface area contributed by atoms with Crippen LogP contribution in [0, 0.1) is 6.92 Å². The molecule has 1 unspecified atom stereocenters. The molecule has 134 valence electrons. The molecule has 6 heteroatoms. The molecule has 26 heavy (non-hydrogen) atoms. The average Bonchev–Trinajstić information content (AvgIpc) is 3.31. The molecule has 5 nitrogen and oxygen atoms in total.